The molecular formula is C14H18N2O. The minimum Gasteiger partial charge on any atom is -0.396 e. The number of benzene rings is 1. The summed E-state index contributed by atoms with van der Waals surface area (Å²) in [7, 11) is 0. The lowest BCUT2D eigenvalue weighted by molar-refractivity contribution is 0.268. The van der Waals surface area contributed by atoms with E-state index in [1.165, 1.54) is 0 Å². The third-order valence-corrected chi connectivity index (χ3v) is 3.07. The van der Waals surface area contributed by atoms with Gasteiger partial charge in [-0.15, -0.1) is 0 Å². The summed E-state index contributed by atoms with van der Waals surface area (Å²) in [6.07, 6.45) is 0.656. The first kappa shape index (κ1) is 12.0. The number of fused-ring (bicyclic) bond motifs is 1. The SMILES string of the molecule is CC(N)C(CCO)c1ccc2ccccc2n1. The molecule has 0 aliphatic carbocycles. The van der Waals surface area contributed by atoms with Gasteiger partial charge in [-0.1, -0.05) is 24.3 Å². The molecule has 90 valence electrons. The zero-order valence-corrected chi connectivity index (χ0v) is 10.0. The van der Waals surface area contributed by atoms with Gasteiger partial charge in [-0.2, -0.15) is 0 Å². The van der Waals surface area contributed by atoms with E-state index >= 15 is 0 Å². The Balaban J connectivity index is 2.40. The molecule has 1 aromatic carbocycles. The molecule has 0 saturated carbocycles. The van der Waals surface area contributed by atoms with E-state index in [9.17, 15) is 0 Å². The van der Waals surface area contributed by atoms with Crippen molar-refractivity contribution in [2.45, 2.75) is 25.3 Å². The van der Waals surface area contributed by atoms with Crippen LogP contribution in [0.5, 0.6) is 0 Å². The fourth-order valence-corrected chi connectivity index (χ4v) is 2.11. The summed E-state index contributed by atoms with van der Waals surface area (Å²) in [5.41, 5.74) is 7.89. The van der Waals surface area contributed by atoms with Gasteiger partial charge in [-0.3, -0.25) is 4.98 Å². The van der Waals surface area contributed by atoms with E-state index < -0.39 is 0 Å². The average molecular weight is 230 g/mol. The van der Waals surface area contributed by atoms with Gasteiger partial charge in [0.1, 0.15) is 0 Å². The maximum atomic E-state index is 9.08. The second kappa shape index (κ2) is 5.25. The number of aromatic nitrogens is 1. The predicted molar refractivity (Wildman–Crippen MR) is 69.8 cm³/mol. The Morgan fingerprint density at radius 2 is 2.00 bits per heavy atom. The van der Waals surface area contributed by atoms with Gasteiger partial charge in [0.05, 0.1) is 5.52 Å². The first-order valence-electron chi connectivity index (χ1n) is 5.94. The molecule has 3 nitrogen and oxygen atoms in total. The number of nitrogens with two attached hydrogens (primary N) is 1. The summed E-state index contributed by atoms with van der Waals surface area (Å²) in [4.78, 5) is 4.62. The van der Waals surface area contributed by atoms with Crippen molar-refractivity contribution < 1.29 is 5.11 Å². The maximum Gasteiger partial charge on any atom is 0.0705 e. The Morgan fingerprint density at radius 3 is 2.71 bits per heavy atom. The van der Waals surface area contributed by atoms with E-state index in [1.54, 1.807) is 0 Å². The monoisotopic (exact) mass is 230 g/mol. The number of rotatable bonds is 4. The molecule has 1 aromatic heterocycles. The van der Waals surface area contributed by atoms with Gasteiger partial charge in [0.2, 0.25) is 0 Å². The van der Waals surface area contributed by atoms with Crippen LogP contribution >= 0.6 is 0 Å². The molecule has 3 N–H and O–H groups in total. The molecule has 0 aliphatic rings. The summed E-state index contributed by atoms with van der Waals surface area (Å²) < 4.78 is 0. The number of aliphatic hydroxyl groups is 1. The van der Waals surface area contributed by atoms with Crippen LogP contribution in [-0.4, -0.2) is 22.7 Å². The molecule has 0 spiro atoms. The number of nitrogens with zero attached hydrogens (tertiary/aromatic N) is 1. The first-order chi connectivity index (χ1) is 8.22. The van der Waals surface area contributed by atoms with Crippen molar-refractivity contribution in [1.29, 1.82) is 0 Å². The van der Waals surface area contributed by atoms with Crippen LogP contribution in [0.1, 0.15) is 25.0 Å². The van der Waals surface area contributed by atoms with Crippen molar-refractivity contribution in [3.63, 3.8) is 0 Å². The lowest BCUT2D eigenvalue weighted by Gasteiger charge is -2.19. The molecule has 3 heteroatoms. The highest BCUT2D eigenvalue weighted by atomic mass is 16.3. The smallest absolute Gasteiger partial charge is 0.0705 e. The molecule has 0 radical (unpaired) electrons. The van der Waals surface area contributed by atoms with E-state index in [-0.39, 0.29) is 18.6 Å². The van der Waals surface area contributed by atoms with Crippen molar-refractivity contribution in [3.05, 3.63) is 42.1 Å². The van der Waals surface area contributed by atoms with Crippen LogP contribution in [0.2, 0.25) is 0 Å². The van der Waals surface area contributed by atoms with E-state index in [2.05, 4.69) is 11.1 Å². The fourth-order valence-electron chi connectivity index (χ4n) is 2.11. The summed E-state index contributed by atoms with van der Waals surface area (Å²) in [6.45, 7) is 2.10. The Hall–Kier alpha value is -1.45. The standard InChI is InChI=1S/C14H18N2O/c1-10(15)12(8-9-17)14-7-6-11-4-2-3-5-13(11)16-14/h2-7,10,12,17H,8-9,15H2,1H3. The molecule has 2 atom stereocenters. The lowest BCUT2D eigenvalue weighted by atomic mass is 9.94. The second-order valence-electron chi connectivity index (χ2n) is 4.41. The van der Waals surface area contributed by atoms with Gasteiger partial charge < -0.3 is 10.8 Å². The Morgan fingerprint density at radius 1 is 1.24 bits per heavy atom. The molecule has 0 bridgehead atoms. The zero-order valence-electron chi connectivity index (χ0n) is 10.0. The minimum atomic E-state index is -0.00388. The van der Waals surface area contributed by atoms with Crippen LogP contribution in [0.25, 0.3) is 10.9 Å². The van der Waals surface area contributed by atoms with Gasteiger partial charge in [0.15, 0.2) is 0 Å². The molecule has 0 aliphatic heterocycles. The molecule has 0 saturated heterocycles. The third kappa shape index (κ3) is 2.62. The van der Waals surface area contributed by atoms with Gasteiger partial charge in [0, 0.05) is 29.6 Å². The summed E-state index contributed by atoms with van der Waals surface area (Å²) in [5.74, 6) is 0.115. The highest BCUT2D eigenvalue weighted by Gasteiger charge is 2.17. The van der Waals surface area contributed by atoms with Crippen molar-refractivity contribution >= 4 is 10.9 Å². The van der Waals surface area contributed by atoms with Gasteiger partial charge in [-0.05, 0) is 25.5 Å². The molecule has 2 aromatic rings. The van der Waals surface area contributed by atoms with E-state index in [1.807, 2.05) is 37.3 Å². The summed E-state index contributed by atoms with van der Waals surface area (Å²) in [6, 6.07) is 12.1. The number of pyridine rings is 1. The largest absolute Gasteiger partial charge is 0.396 e. The Bertz CT molecular complexity index is 496. The molecule has 2 unspecified atom stereocenters. The highest BCUT2D eigenvalue weighted by molar-refractivity contribution is 5.78. The molecule has 2 rings (SSSR count). The quantitative estimate of drug-likeness (QED) is 0.845. The lowest BCUT2D eigenvalue weighted by Crippen LogP contribution is -2.26. The normalized spacial score (nSPS) is 14.8. The third-order valence-electron chi connectivity index (χ3n) is 3.07. The van der Waals surface area contributed by atoms with E-state index in [4.69, 9.17) is 10.8 Å². The predicted octanol–water partition coefficient (Wildman–Crippen LogP) is 2.05. The van der Waals surface area contributed by atoms with E-state index in [0.29, 0.717) is 6.42 Å². The minimum absolute atomic E-state index is 0.00388. The summed E-state index contributed by atoms with van der Waals surface area (Å²) >= 11 is 0. The van der Waals surface area contributed by atoms with Crippen molar-refractivity contribution in [1.82, 2.24) is 4.98 Å². The number of hydrogen-bond donors (Lipinski definition) is 2. The second-order valence-corrected chi connectivity index (χ2v) is 4.41. The molecular weight excluding hydrogens is 212 g/mol. The van der Waals surface area contributed by atoms with Crippen LogP contribution in [0.3, 0.4) is 0 Å². The molecule has 0 fully saturated rings. The maximum absolute atomic E-state index is 9.08. The number of hydrogen-bond acceptors (Lipinski definition) is 3. The van der Waals surface area contributed by atoms with E-state index in [0.717, 1.165) is 16.6 Å². The number of para-hydroxylation sites is 1. The average Bonchev–Trinajstić information content (AvgIpc) is 2.35. The number of aliphatic hydroxyl groups excluding tert-OH is 1. The molecule has 0 amide bonds. The van der Waals surface area contributed by atoms with Crippen LogP contribution < -0.4 is 5.73 Å². The van der Waals surface area contributed by atoms with Crippen molar-refractivity contribution in [2.24, 2.45) is 5.73 Å². The van der Waals surface area contributed by atoms with Crippen LogP contribution in [0.15, 0.2) is 36.4 Å². The van der Waals surface area contributed by atoms with Crippen LogP contribution in [-0.2, 0) is 0 Å². The summed E-state index contributed by atoms with van der Waals surface area (Å²) in [5, 5.41) is 10.2. The Labute approximate surface area is 101 Å². The Kier molecular flexibility index (Phi) is 3.71. The zero-order chi connectivity index (χ0) is 12.3. The van der Waals surface area contributed by atoms with Crippen molar-refractivity contribution in [2.75, 3.05) is 6.61 Å². The van der Waals surface area contributed by atoms with Gasteiger partial charge >= 0.3 is 0 Å². The van der Waals surface area contributed by atoms with Gasteiger partial charge in [0.25, 0.3) is 0 Å². The van der Waals surface area contributed by atoms with Gasteiger partial charge in [-0.25, -0.2) is 0 Å². The van der Waals surface area contributed by atoms with Crippen LogP contribution in [0, 0.1) is 0 Å². The van der Waals surface area contributed by atoms with Crippen LogP contribution in [0.4, 0.5) is 0 Å². The highest BCUT2D eigenvalue weighted by Crippen LogP contribution is 2.23. The molecule has 17 heavy (non-hydrogen) atoms. The molecule has 1 heterocycles. The fraction of sp³-hybridized carbons (Fsp3) is 0.357. The first-order valence-corrected chi connectivity index (χ1v) is 5.94. The van der Waals surface area contributed by atoms with Crippen molar-refractivity contribution in [3.8, 4) is 0 Å². The topological polar surface area (TPSA) is 59.1 Å².